The molecule has 3 nitrogen and oxygen atoms in total. The molecule has 0 N–H and O–H groups in total. The second-order valence-corrected chi connectivity index (χ2v) is 11.0. The van der Waals surface area contributed by atoms with Crippen LogP contribution in [0, 0.1) is 5.82 Å². The first-order valence-electron chi connectivity index (χ1n) is 6.45. The van der Waals surface area contributed by atoms with Crippen LogP contribution >= 0.6 is 0 Å². The van der Waals surface area contributed by atoms with Crippen molar-refractivity contribution in [1.29, 1.82) is 0 Å². The van der Waals surface area contributed by atoms with Crippen molar-refractivity contribution in [3.63, 3.8) is 0 Å². The van der Waals surface area contributed by atoms with Crippen molar-refractivity contribution in [2.45, 2.75) is 45.0 Å². The molecule has 1 heterocycles. The molecule has 1 aromatic heterocycles. The third kappa shape index (κ3) is 4.37. The van der Waals surface area contributed by atoms with E-state index in [9.17, 15) is 4.39 Å². The molecule has 0 aromatic carbocycles. The fourth-order valence-corrected chi connectivity index (χ4v) is 2.35. The van der Waals surface area contributed by atoms with Crippen LogP contribution in [0.4, 0.5) is 4.39 Å². The second kappa shape index (κ2) is 6.11. The molecule has 0 spiro atoms. The van der Waals surface area contributed by atoms with Crippen molar-refractivity contribution in [2.75, 3.05) is 13.7 Å². The smallest absolute Gasteiger partial charge is 0.192 e. The highest BCUT2D eigenvalue weighted by molar-refractivity contribution is 6.74. The number of nitrogens with zero attached hydrogens (tertiary/aromatic N) is 1. The van der Waals surface area contributed by atoms with E-state index < -0.39 is 8.32 Å². The Morgan fingerprint density at radius 1 is 1.32 bits per heavy atom. The van der Waals surface area contributed by atoms with E-state index in [0.717, 1.165) is 0 Å². The molecule has 19 heavy (non-hydrogen) atoms. The Morgan fingerprint density at radius 2 is 1.95 bits per heavy atom. The molecule has 5 heteroatoms. The first-order valence-corrected chi connectivity index (χ1v) is 9.36. The second-order valence-electron chi connectivity index (χ2n) is 6.20. The van der Waals surface area contributed by atoms with Gasteiger partial charge in [-0.1, -0.05) is 20.8 Å². The number of hydrogen-bond donors (Lipinski definition) is 0. The van der Waals surface area contributed by atoms with Crippen LogP contribution in [0.25, 0.3) is 0 Å². The zero-order valence-corrected chi connectivity index (χ0v) is 13.7. The fourth-order valence-electron chi connectivity index (χ4n) is 1.35. The van der Waals surface area contributed by atoms with Crippen molar-refractivity contribution >= 4 is 8.32 Å². The lowest BCUT2D eigenvalue weighted by molar-refractivity contribution is 0.0495. The number of methoxy groups -OCH3 is 1. The largest absolute Gasteiger partial charge is 0.414 e. The number of rotatable bonds is 5. The molecule has 0 amide bonds. The molecule has 0 fully saturated rings. The maximum atomic E-state index is 12.9. The Balaban J connectivity index is 2.71. The van der Waals surface area contributed by atoms with Gasteiger partial charge < -0.3 is 9.16 Å². The standard InChI is InChI=1S/C14H24FNO2Si/c1-14(2,3)19(5,6)18-10-13(17-4)12-8-7-11(15)9-16-12/h7-9,13H,10H2,1-6H3. The van der Waals surface area contributed by atoms with E-state index in [4.69, 9.17) is 9.16 Å². The molecule has 0 bridgehead atoms. The zero-order chi connectivity index (χ0) is 14.7. The van der Waals surface area contributed by atoms with E-state index in [1.54, 1.807) is 13.2 Å². The highest BCUT2D eigenvalue weighted by Crippen LogP contribution is 2.37. The van der Waals surface area contributed by atoms with Gasteiger partial charge in [-0.2, -0.15) is 0 Å². The lowest BCUT2D eigenvalue weighted by atomic mass is 10.2. The molecule has 108 valence electrons. The number of pyridine rings is 1. The first-order chi connectivity index (χ1) is 8.67. The summed E-state index contributed by atoms with van der Waals surface area (Å²) in [6.45, 7) is 11.4. The van der Waals surface area contributed by atoms with Gasteiger partial charge in [0.1, 0.15) is 11.9 Å². The van der Waals surface area contributed by atoms with E-state index in [1.165, 1.54) is 12.3 Å². The van der Waals surface area contributed by atoms with Gasteiger partial charge in [0.05, 0.1) is 18.5 Å². The lowest BCUT2D eigenvalue weighted by Gasteiger charge is -2.37. The van der Waals surface area contributed by atoms with E-state index in [0.29, 0.717) is 12.3 Å². The molecular weight excluding hydrogens is 261 g/mol. The number of aromatic nitrogens is 1. The van der Waals surface area contributed by atoms with Crippen LogP contribution in [0.15, 0.2) is 18.3 Å². The Kier molecular flexibility index (Phi) is 5.23. The van der Waals surface area contributed by atoms with E-state index in [-0.39, 0.29) is 17.0 Å². The molecule has 0 saturated carbocycles. The van der Waals surface area contributed by atoms with Crippen molar-refractivity contribution < 1.29 is 13.6 Å². The maximum Gasteiger partial charge on any atom is 0.192 e. The number of hydrogen-bond acceptors (Lipinski definition) is 3. The van der Waals surface area contributed by atoms with Gasteiger partial charge in [-0.15, -0.1) is 0 Å². The van der Waals surface area contributed by atoms with E-state index in [2.05, 4.69) is 38.8 Å². The van der Waals surface area contributed by atoms with Gasteiger partial charge in [0, 0.05) is 7.11 Å². The van der Waals surface area contributed by atoms with Crippen molar-refractivity contribution in [2.24, 2.45) is 0 Å². The van der Waals surface area contributed by atoms with Crippen LogP contribution in [0.1, 0.15) is 32.6 Å². The predicted octanol–water partition coefficient (Wildman–Crippen LogP) is 3.93. The van der Waals surface area contributed by atoms with Crippen LogP contribution in [-0.2, 0) is 9.16 Å². The number of halogens is 1. The van der Waals surface area contributed by atoms with Gasteiger partial charge in [0.15, 0.2) is 8.32 Å². The SMILES string of the molecule is COC(CO[Si](C)(C)C(C)(C)C)c1ccc(F)cn1. The molecule has 1 unspecified atom stereocenters. The van der Waals surface area contributed by atoms with Gasteiger partial charge in [-0.25, -0.2) is 4.39 Å². The van der Waals surface area contributed by atoms with Gasteiger partial charge in [0.2, 0.25) is 0 Å². The Labute approximate surface area is 116 Å². The molecule has 1 rings (SSSR count). The minimum absolute atomic E-state index is 0.154. The van der Waals surface area contributed by atoms with Crippen LogP contribution in [0.3, 0.4) is 0 Å². The van der Waals surface area contributed by atoms with Gasteiger partial charge >= 0.3 is 0 Å². The van der Waals surface area contributed by atoms with Crippen LogP contribution in [-0.4, -0.2) is 27.0 Å². The Morgan fingerprint density at radius 3 is 2.37 bits per heavy atom. The summed E-state index contributed by atoms with van der Waals surface area (Å²) in [5.41, 5.74) is 0.697. The summed E-state index contributed by atoms with van der Waals surface area (Å²) in [5, 5.41) is 0.154. The minimum Gasteiger partial charge on any atom is -0.414 e. The van der Waals surface area contributed by atoms with Crippen LogP contribution in [0.2, 0.25) is 18.1 Å². The summed E-state index contributed by atoms with van der Waals surface area (Å²) in [6.07, 6.45) is 0.947. The zero-order valence-electron chi connectivity index (χ0n) is 12.7. The third-order valence-corrected chi connectivity index (χ3v) is 8.27. The van der Waals surface area contributed by atoms with Crippen molar-refractivity contribution in [1.82, 2.24) is 4.98 Å². The fraction of sp³-hybridized carbons (Fsp3) is 0.643. The lowest BCUT2D eigenvalue weighted by Crippen LogP contribution is -2.41. The molecule has 0 aliphatic rings. The van der Waals surface area contributed by atoms with Crippen molar-refractivity contribution in [3.8, 4) is 0 Å². The summed E-state index contributed by atoms with van der Waals surface area (Å²) in [4.78, 5) is 4.05. The van der Waals surface area contributed by atoms with E-state index in [1.807, 2.05) is 0 Å². The maximum absolute atomic E-state index is 12.9. The summed E-state index contributed by atoms with van der Waals surface area (Å²) < 4.78 is 24.4. The molecule has 0 saturated heterocycles. The summed E-state index contributed by atoms with van der Waals surface area (Å²) in [6, 6.07) is 3.03. The molecule has 0 radical (unpaired) electrons. The summed E-state index contributed by atoms with van der Waals surface area (Å²) in [5.74, 6) is -0.344. The Bertz CT molecular complexity index is 401. The average molecular weight is 285 g/mol. The molecule has 1 atom stereocenters. The first kappa shape index (κ1) is 16.3. The minimum atomic E-state index is -1.81. The van der Waals surface area contributed by atoms with Gasteiger partial charge in [-0.3, -0.25) is 4.98 Å². The van der Waals surface area contributed by atoms with Crippen molar-refractivity contribution in [3.05, 3.63) is 29.8 Å². The van der Waals surface area contributed by atoms with E-state index >= 15 is 0 Å². The van der Waals surface area contributed by atoms with Gasteiger partial charge in [-0.05, 0) is 30.3 Å². The van der Waals surface area contributed by atoms with Gasteiger partial charge in [0.25, 0.3) is 0 Å². The van der Waals surface area contributed by atoms with Crippen LogP contribution in [0.5, 0.6) is 0 Å². The normalized spacial score (nSPS) is 14.5. The third-order valence-electron chi connectivity index (χ3n) is 3.77. The highest BCUT2D eigenvalue weighted by atomic mass is 28.4. The van der Waals surface area contributed by atoms with Crippen LogP contribution < -0.4 is 0 Å². The highest BCUT2D eigenvalue weighted by Gasteiger charge is 2.37. The summed E-state index contributed by atoms with van der Waals surface area (Å²) >= 11 is 0. The number of ether oxygens (including phenoxy) is 1. The average Bonchev–Trinajstić information content (AvgIpc) is 2.30. The summed E-state index contributed by atoms with van der Waals surface area (Å²) in [7, 11) is -0.194. The molecular formula is C14H24FNO2Si. The monoisotopic (exact) mass is 285 g/mol. The quantitative estimate of drug-likeness (QED) is 0.768. The molecule has 0 aliphatic heterocycles. The molecule has 1 aromatic rings. The Hall–Kier alpha value is -0.783. The topological polar surface area (TPSA) is 31.4 Å². The predicted molar refractivity (Wildman–Crippen MR) is 77.1 cm³/mol. The molecule has 0 aliphatic carbocycles.